The van der Waals surface area contributed by atoms with Gasteiger partial charge in [0.05, 0.1) is 30.8 Å². The molecule has 1 unspecified atom stereocenters. The van der Waals surface area contributed by atoms with Gasteiger partial charge in [0.1, 0.15) is 17.7 Å². The van der Waals surface area contributed by atoms with Crippen LogP contribution in [0.5, 0.6) is 5.75 Å². The fourth-order valence-electron chi connectivity index (χ4n) is 5.25. The van der Waals surface area contributed by atoms with Gasteiger partial charge in [-0.25, -0.2) is 9.18 Å². The van der Waals surface area contributed by atoms with Crippen molar-refractivity contribution in [2.45, 2.75) is 77.5 Å². The molecule has 1 fully saturated rings. The lowest BCUT2D eigenvalue weighted by atomic mass is 9.90. The topological polar surface area (TPSA) is 38.8 Å². The highest BCUT2D eigenvalue weighted by Gasteiger charge is 2.43. The van der Waals surface area contributed by atoms with Crippen LogP contribution in [0.3, 0.4) is 0 Å². The number of carbonyl (C=O) groups excluding carboxylic acids is 1. The van der Waals surface area contributed by atoms with Crippen LogP contribution in [-0.4, -0.2) is 24.1 Å². The number of amides is 1. The average molecular weight is 612 g/mol. The number of cyclic esters (lactones) is 1. The van der Waals surface area contributed by atoms with Crippen LogP contribution in [0.2, 0.25) is 0 Å². The fraction of sp³-hybridized carbons (Fsp3) is 0.406. The zero-order valence-electron chi connectivity index (χ0n) is 24.5. The molecular weight excluding hydrogens is 579 g/mol. The smallest absolute Gasteiger partial charge is 0.416 e. The van der Waals surface area contributed by atoms with Gasteiger partial charge in [-0.05, 0) is 70.8 Å². The monoisotopic (exact) mass is 611 g/mol. The van der Waals surface area contributed by atoms with E-state index in [2.05, 4.69) is 0 Å². The van der Waals surface area contributed by atoms with Gasteiger partial charge in [-0.15, -0.1) is 0 Å². The molecule has 1 aliphatic heterocycles. The third-order valence-corrected chi connectivity index (χ3v) is 7.70. The van der Waals surface area contributed by atoms with Crippen LogP contribution in [0.4, 0.5) is 35.5 Å². The Morgan fingerprint density at radius 3 is 1.98 bits per heavy atom. The van der Waals surface area contributed by atoms with Crippen molar-refractivity contribution in [3.05, 3.63) is 87.7 Å². The lowest BCUT2D eigenvalue weighted by Gasteiger charge is -2.25. The number of methoxy groups -OCH3 is 1. The van der Waals surface area contributed by atoms with Gasteiger partial charge in [-0.1, -0.05) is 45.9 Å². The molecule has 3 aromatic carbocycles. The Morgan fingerprint density at radius 2 is 1.47 bits per heavy atom. The molecule has 0 spiro atoms. The number of hydrogen-bond donors (Lipinski definition) is 0. The number of rotatable bonds is 7. The maximum atomic E-state index is 14.8. The van der Waals surface area contributed by atoms with Crippen molar-refractivity contribution in [1.82, 2.24) is 4.90 Å². The average Bonchev–Trinajstić information content (AvgIpc) is 3.19. The van der Waals surface area contributed by atoms with Gasteiger partial charge in [0.25, 0.3) is 0 Å². The molecule has 4 nitrogen and oxygen atoms in total. The predicted octanol–water partition coefficient (Wildman–Crippen LogP) is 9.87. The number of hydrogen-bond acceptors (Lipinski definition) is 3. The van der Waals surface area contributed by atoms with Gasteiger partial charge >= 0.3 is 18.4 Å². The zero-order chi connectivity index (χ0) is 32.0. The van der Waals surface area contributed by atoms with Crippen molar-refractivity contribution in [2.75, 3.05) is 7.11 Å². The first-order valence-corrected chi connectivity index (χ1v) is 13.7. The van der Waals surface area contributed by atoms with Crippen LogP contribution >= 0.6 is 0 Å². The molecule has 1 heterocycles. The molecule has 0 aliphatic carbocycles. The summed E-state index contributed by atoms with van der Waals surface area (Å²) in [5.41, 5.74) is -0.196. The first-order valence-electron chi connectivity index (χ1n) is 13.7. The Balaban J connectivity index is 1.79. The third-order valence-electron chi connectivity index (χ3n) is 7.70. The van der Waals surface area contributed by atoms with E-state index in [-0.39, 0.29) is 30.2 Å². The van der Waals surface area contributed by atoms with Crippen molar-refractivity contribution in [2.24, 2.45) is 0 Å². The lowest BCUT2D eigenvalue weighted by Crippen LogP contribution is -2.31. The van der Waals surface area contributed by atoms with E-state index in [4.69, 9.17) is 9.47 Å². The Bertz CT molecular complexity index is 1480. The summed E-state index contributed by atoms with van der Waals surface area (Å²) in [5, 5.41) is 0. The maximum absolute atomic E-state index is 14.8. The van der Waals surface area contributed by atoms with Crippen LogP contribution in [0.25, 0.3) is 11.1 Å². The summed E-state index contributed by atoms with van der Waals surface area (Å²) >= 11 is 0. The van der Waals surface area contributed by atoms with Crippen LogP contribution in [0.1, 0.15) is 85.9 Å². The van der Waals surface area contributed by atoms with Crippen LogP contribution < -0.4 is 4.74 Å². The molecule has 1 amide bonds. The molecule has 3 aromatic rings. The second-order valence-corrected chi connectivity index (χ2v) is 11.3. The summed E-state index contributed by atoms with van der Waals surface area (Å²) in [7, 11) is 1.41. The summed E-state index contributed by atoms with van der Waals surface area (Å²) in [6.45, 7) is 9.07. The SMILES string of the molecule is COc1cc(F)c(C(C)C)cc1-c1ccc(C(C)C)cc1CN1C(=O)O[C@H](c2cc(C(F)(F)F)cc(C(F)(F)F)c2)C1C. The Hall–Kier alpha value is -3.76. The molecular formula is C32H32F7NO3. The van der Waals surface area contributed by atoms with E-state index in [1.807, 2.05) is 45.9 Å². The number of benzene rings is 3. The molecule has 1 aliphatic rings. The first-order chi connectivity index (χ1) is 19.9. The molecule has 0 saturated carbocycles. The molecule has 43 heavy (non-hydrogen) atoms. The van der Waals surface area contributed by atoms with Crippen molar-refractivity contribution < 1.29 is 45.0 Å². The van der Waals surface area contributed by atoms with Crippen molar-refractivity contribution in [3.8, 4) is 16.9 Å². The summed E-state index contributed by atoms with van der Waals surface area (Å²) in [4.78, 5) is 14.4. The van der Waals surface area contributed by atoms with Crippen LogP contribution in [0.15, 0.2) is 48.5 Å². The molecule has 1 saturated heterocycles. The molecule has 232 valence electrons. The minimum absolute atomic E-state index is 0.0356. The molecule has 0 bridgehead atoms. The van der Waals surface area contributed by atoms with Crippen molar-refractivity contribution in [1.29, 1.82) is 0 Å². The Labute approximate surface area is 245 Å². The third kappa shape index (κ3) is 6.60. The van der Waals surface area contributed by atoms with Gasteiger partial charge in [-0.2, -0.15) is 26.3 Å². The largest absolute Gasteiger partial charge is 0.496 e. The highest BCUT2D eigenvalue weighted by atomic mass is 19.4. The minimum atomic E-state index is -5.04. The Morgan fingerprint density at radius 1 is 0.860 bits per heavy atom. The van der Waals surface area contributed by atoms with Gasteiger partial charge in [0, 0.05) is 11.6 Å². The highest BCUT2D eigenvalue weighted by Crippen LogP contribution is 2.43. The highest BCUT2D eigenvalue weighted by molar-refractivity contribution is 5.76. The molecule has 2 atom stereocenters. The van der Waals surface area contributed by atoms with Crippen LogP contribution in [0, 0.1) is 5.82 Å². The number of nitrogens with zero attached hydrogens (tertiary/aromatic N) is 1. The van der Waals surface area contributed by atoms with Gasteiger partial charge in [-0.3, -0.25) is 4.90 Å². The molecule has 4 rings (SSSR count). The number of halogens is 7. The van der Waals surface area contributed by atoms with Gasteiger partial charge in [0.2, 0.25) is 0 Å². The summed E-state index contributed by atoms with van der Waals surface area (Å²) in [6, 6.07) is 8.85. The summed E-state index contributed by atoms with van der Waals surface area (Å²) in [6.07, 6.45) is -12.4. The van der Waals surface area contributed by atoms with Crippen molar-refractivity contribution in [3.63, 3.8) is 0 Å². The Kier molecular flexibility index (Phi) is 8.77. The lowest BCUT2D eigenvalue weighted by molar-refractivity contribution is -0.143. The molecule has 0 aromatic heterocycles. The van der Waals surface area contributed by atoms with E-state index in [0.29, 0.717) is 34.4 Å². The first kappa shape index (κ1) is 32.2. The number of alkyl halides is 6. The van der Waals surface area contributed by atoms with E-state index < -0.39 is 53.1 Å². The van der Waals surface area contributed by atoms with Crippen LogP contribution in [-0.2, 0) is 23.6 Å². The zero-order valence-corrected chi connectivity index (χ0v) is 24.5. The molecule has 0 radical (unpaired) electrons. The van der Waals surface area contributed by atoms with E-state index >= 15 is 0 Å². The fourth-order valence-corrected chi connectivity index (χ4v) is 5.25. The second kappa shape index (κ2) is 11.7. The normalized spacial score (nSPS) is 17.7. The maximum Gasteiger partial charge on any atom is 0.416 e. The molecule has 0 N–H and O–H groups in total. The van der Waals surface area contributed by atoms with Gasteiger partial charge in [0.15, 0.2) is 0 Å². The second-order valence-electron chi connectivity index (χ2n) is 11.3. The van der Waals surface area contributed by atoms with E-state index in [1.54, 1.807) is 6.07 Å². The number of carbonyl (C=O) groups is 1. The quantitative estimate of drug-likeness (QED) is 0.250. The number of ether oxygens (including phenoxy) is 2. The standard InChI is InChI=1S/C32H32F7NO3/c1-16(2)19-7-8-24(26-13-25(17(3)4)27(33)14-28(26)42-6)21(9-19)15-40-18(5)29(43-30(40)41)20-10-22(31(34,35)36)12-23(11-20)32(37,38)39/h7-14,16-18,29H,15H2,1-6H3/t18?,29-/m0/s1. The summed E-state index contributed by atoms with van der Waals surface area (Å²) < 4.78 is 107. The molecule has 11 heteroatoms. The minimum Gasteiger partial charge on any atom is -0.496 e. The predicted molar refractivity (Wildman–Crippen MR) is 147 cm³/mol. The van der Waals surface area contributed by atoms with E-state index in [9.17, 15) is 35.5 Å². The summed E-state index contributed by atoms with van der Waals surface area (Å²) in [5.74, 6) is -0.226. The van der Waals surface area contributed by atoms with Crippen molar-refractivity contribution >= 4 is 6.09 Å². The van der Waals surface area contributed by atoms with Gasteiger partial charge < -0.3 is 9.47 Å². The van der Waals surface area contributed by atoms with E-state index in [1.165, 1.54) is 25.0 Å². The van der Waals surface area contributed by atoms with E-state index in [0.717, 1.165) is 5.56 Å².